The molecule has 4 aromatic rings. The zero-order valence-corrected chi connectivity index (χ0v) is 14.1. The van der Waals surface area contributed by atoms with Gasteiger partial charge < -0.3 is 5.32 Å². The molecule has 122 valence electrons. The monoisotopic (exact) mass is 345 g/mol. The summed E-state index contributed by atoms with van der Waals surface area (Å²) in [6.45, 7) is 0. The molecule has 0 bridgehead atoms. The van der Waals surface area contributed by atoms with Gasteiger partial charge in [0.15, 0.2) is 0 Å². The molecule has 0 atom stereocenters. The summed E-state index contributed by atoms with van der Waals surface area (Å²) in [7, 11) is 0. The molecule has 5 heteroatoms. The van der Waals surface area contributed by atoms with Crippen LogP contribution in [0.4, 0.5) is 5.69 Å². The average molecular weight is 345 g/mol. The summed E-state index contributed by atoms with van der Waals surface area (Å²) in [5.41, 5.74) is 3.36. The van der Waals surface area contributed by atoms with Crippen molar-refractivity contribution in [1.29, 1.82) is 0 Å². The number of nitrogens with zero attached hydrogens (tertiary/aromatic N) is 2. The Morgan fingerprint density at radius 1 is 0.960 bits per heavy atom. The lowest BCUT2D eigenvalue weighted by molar-refractivity contribution is 0.102. The molecule has 0 saturated heterocycles. The summed E-state index contributed by atoms with van der Waals surface area (Å²) in [5, 5.41) is 9.23. The average Bonchev–Trinajstić information content (AvgIpc) is 3.36. The minimum Gasteiger partial charge on any atom is -0.321 e. The number of nitrogens with one attached hydrogen (secondary N) is 1. The second kappa shape index (κ2) is 6.75. The van der Waals surface area contributed by atoms with E-state index < -0.39 is 0 Å². The Labute approximate surface area is 149 Å². The zero-order valence-electron chi connectivity index (χ0n) is 13.3. The summed E-state index contributed by atoms with van der Waals surface area (Å²) in [6.07, 6.45) is 3.59. The lowest BCUT2D eigenvalue weighted by Crippen LogP contribution is -2.12. The summed E-state index contributed by atoms with van der Waals surface area (Å²) >= 11 is 1.65. The molecular weight excluding hydrogens is 330 g/mol. The Morgan fingerprint density at radius 2 is 1.80 bits per heavy atom. The quantitative estimate of drug-likeness (QED) is 0.574. The predicted octanol–water partition coefficient (Wildman–Crippen LogP) is 4.85. The van der Waals surface area contributed by atoms with Gasteiger partial charge in [-0.05, 0) is 47.8 Å². The maximum absolute atomic E-state index is 12.6. The van der Waals surface area contributed by atoms with Gasteiger partial charge in [0.2, 0.25) is 0 Å². The normalized spacial score (nSPS) is 10.6. The van der Waals surface area contributed by atoms with E-state index in [9.17, 15) is 4.79 Å². The molecule has 0 fully saturated rings. The first-order valence-corrected chi connectivity index (χ1v) is 8.73. The van der Waals surface area contributed by atoms with E-state index in [0.717, 1.165) is 21.8 Å². The third-order valence-electron chi connectivity index (χ3n) is 3.86. The number of anilines is 1. The standard InChI is InChI=1S/C20H15N3OS/c24-20(15-8-10-16(11-9-15)23-13-4-12-21-23)22-18-6-2-1-5-17(18)19-7-3-14-25-19/h1-14H,(H,22,24). The predicted molar refractivity (Wildman–Crippen MR) is 101 cm³/mol. The highest BCUT2D eigenvalue weighted by Crippen LogP contribution is 2.31. The van der Waals surface area contributed by atoms with Crippen LogP contribution in [0.5, 0.6) is 0 Å². The van der Waals surface area contributed by atoms with E-state index in [4.69, 9.17) is 0 Å². The van der Waals surface area contributed by atoms with Gasteiger partial charge in [-0.15, -0.1) is 11.3 Å². The number of carbonyl (C=O) groups excluding carboxylic acids is 1. The van der Waals surface area contributed by atoms with Crippen molar-refractivity contribution in [1.82, 2.24) is 9.78 Å². The Kier molecular flexibility index (Phi) is 4.14. The smallest absolute Gasteiger partial charge is 0.255 e. The van der Waals surface area contributed by atoms with Crippen LogP contribution in [0, 0.1) is 0 Å². The first-order valence-electron chi connectivity index (χ1n) is 7.85. The fourth-order valence-electron chi connectivity index (χ4n) is 2.62. The van der Waals surface area contributed by atoms with E-state index in [1.807, 2.05) is 60.1 Å². The van der Waals surface area contributed by atoms with Crippen LogP contribution in [0.3, 0.4) is 0 Å². The van der Waals surface area contributed by atoms with Crippen molar-refractivity contribution < 1.29 is 4.79 Å². The fourth-order valence-corrected chi connectivity index (χ4v) is 3.39. The van der Waals surface area contributed by atoms with E-state index >= 15 is 0 Å². The number of aromatic nitrogens is 2. The SMILES string of the molecule is O=C(Nc1ccccc1-c1cccs1)c1ccc(-n2cccn2)cc1. The van der Waals surface area contributed by atoms with Crippen molar-refractivity contribution in [2.24, 2.45) is 0 Å². The Balaban J connectivity index is 1.57. The molecule has 0 aliphatic carbocycles. The number of rotatable bonds is 4. The van der Waals surface area contributed by atoms with Gasteiger partial charge in [-0.2, -0.15) is 5.10 Å². The van der Waals surface area contributed by atoms with Crippen LogP contribution in [0.25, 0.3) is 16.1 Å². The van der Waals surface area contributed by atoms with Crippen molar-refractivity contribution in [3.63, 3.8) is 0 Å². The highest BCUT2D eigenvalue weighted by atomic mass is 32.1. The van der Waals surface area contributed by atoms with Gasteiger partial charge in [0.25, 0.3) is 5.91 Å². The van der Waals surface area contributed by atoms with Gasteiger partial charge in [-0.1, -0.05) is 24.3 Å². The minimum absolute atomic E-state index is 0.129. The molecule has 1 N–H and O–H groups in total. The summed E-state index contributed by atoms with van der Waals surface area (Å²) in [4.78, 5) is 13.7. The van der Waals surface area contributed by atoms with Crippen molar-refractivity contribution in [3.8, 4) is 16.1 Å². The van der Waals surface area contributed by atoms with Crippen LogP contribution in [-0.2, 0) is 0 Å². The van der Waals surface area contributed by atoms with E-state index in [0.29, 0.717) is 5.56 Å². The third kappa shape index (κ3) is 3.22. The molecule has 2 aromatic heterocycles. The number of hydrogen-bond donors (Lipinski definition) is 1. The number of carbonyl (C=O) groups is 1. The first-order chi connectivity index (χ1) is 12.3. The Bertz CT molecular complexity index is 974. The zero-order chi connectivity index (χ0) is 17.1. The maximum Gasteiger partial charge on any atom is 0.255 e. The van der Waals surface area contributed by atoms with Crippen molar-refractivity contribution in [2.75, 3.05) is 5.32 Å². The van der Waals surface area contributed by atoms with Gasteiger partial charge in [0, 0.05) is 34.1 Å². The van der Waals surface area contributed by atoms with E-state index in [2.05, 4.69) is 16.5 Å². The second-order valence-corrected chi connectivity index (χ2v) is 6.42. The molecule has 0 spiro atoms. The van der Waals surface area contributed by atoms with Gasteiger partial charge in [0.1, 0.15) is 0 Å². The first kappa shape index (κ1) is 15.4. The topological polar surface area (TPSA) is 46.9 Å². The molecular formula is C20H15N3OS. The summed E-state index contributed by atoms with van der Waals surface area (Å²) in [5.74, 6) is -0.129. The van der Waals surface area contributed by atoms with Crippen molar-refractivity contribution in [3.05, 3.63) is 90.1 Å². The lowest BCUT2D eigenvalue weighted by atomic mass is 10.1. The van der Waals surface area contributed by atoms with Crippen molar-refractivity contribution >= 4 is 22.9 Å². The number of amides is 1. The Morgan fingerprint density at radius 3 is 2.52 bits per heavy atom. The fraction of sp³-hybridized carbons (Fsp3) is 0. The largest absolute Gasteiger partial charge is 0.321 e. The highest BCUT2D eigenvalue weighted by Gasteiger charge is 2.11. The molecule has 25 heavy (non-hydrogen) atoms. The number of para-hydroxylation sites is 1. The van der Waals surface area contributed by atoms with Gasteiger partial charge in [-0.3, -0.25) is 4.79 Å². The van der Waals surface area contributed by atoms with Gasteiger partial charge >= 0.3 is 0 Å². The van der Waals surface area contributed by atoms with Crippen molar-refractivity contribution in [2.45, 2.75) is 0 Å². The van der Waals surface area contributed by atoms with Crippen LogP contribution in [0.15, 0.2) is 84.5 Å². The molecule has 0 unspecified atom stereocenters. The van der Waals surface area contributed by atoms with Crippen LogP contribution < -0.4 is 5.32 Å². The number of thiophene rings is 1. The number of hydrogen-bond acceptors (Lipinski definition) is 3. The van der Waals surface area contributed by atoms with Gasteiger partial charge in [-0.25, -0.2) is 4.68 Å². The molecule has 0 aliphatic rings. The molecule has 0 radical (unpaired) electrons. The van der Waals surface area contributed by atoms with Crippen LogP contribution in [0.2, 0.25) is 0 Å². The van der Waals surface area contributed by atoms with Gasteiger partial charge in [0.05, 0.1) is 5.69 Å². The maximum atomic E-state index is 12.6. The second-order valence-electron chi connectivity index (χ2n) is 5.47. The van der Waals surface area contributed by atoms with E-state index in [1.54, 1.807) is 34.3 Å². The molecule has 4 nitrogen and oxygen atoms in total. The van der Waals surface area contributed by atoms with Crippen LogP contribution >= 0.6 is 11.3 Å². The third-order valence-corrected chi connectivity index (χ3v) is 4.76. The molecule has 0 saturated carbocycles. The summed E-state index contributed by atoms with van der Waals surface area (Å²) in [6, 6.07) is 21.1. The Hall–Kier alpha value is -3.18. The molecule has 1 amide bonds. The van der Waals surface area contributed by atoms with E-state index in [-0.39, 0.29) is 5.91 Å². The van der Waals surface area contributed by atoms with Crippen LogP contribution in [-0.4, -0.2) is 15.7 Å². The minimum atomic E-state index is -0.129. The van der Waals surface area contributed by atoms with E-state index in [1.165, 1.54) is 0 Å². The summed E-state index contributed by atoms with van der Waals surface area (Å²) < 4.78 is 1.76. The molecule has 0 aliphatic heterocycles. The highest BCUT2D eigenvalue weighted by molar-refractivity contribution is 7.13. The molecule has 2 aromatic carbocycles. The molecule has 2 heterocycles. The molecule has 4 rings (SSSR count). The number of benzene rings is 2. The lowest BCUT2D eigenvalue weighted by Gasteiger charge is -2.10. The van der Waals surface area contributed by atoms with Crippen LogP contribution in [0.1, 0.15) is 10.4 Å².